The summed E-state index contributed by atoms with van der Waals surface area (Å²) < 4.78 is 12.8. The molecular weight excluding hydrogens is 436 g/mol. The number of aryl methyl sites for hydroxylation is 2. The molecule has 33 heavy (non-hydrogen) atoms. The van der Waals surface area contributed by atoms with Gasteiger partial charge in [0.15, 0.2) is 5.65 Å². The molecule has 0 spiro atoms. The van der Waals surface area contributed by atoms with E-state index in [-0.39, 0.29) is 11.9 Å². The molecule has 0 radical (unpaired) electrons. The second kappa shape index (κ2) is 8.51. The molecule has 1 aliphatic heterocycles. The van der Waals surface area contributed by atoms with Crippen LogP contribution in [0.4, 0.5) is 0 Å². The number of pyridine rings is 1. The third kappa shape index (κ3) is 3.64. The van der Waals surface area contributed by atoms with Crippen molar-refractivity contribution in [3.8, 4) is 22.1 Å². The quantitative estimate of drug-likeness (QED) is 0.417. The third-order valence-electron chi connectivity index (χ3n) is 6.29. The second-order valence-electron chi connectivity index (χ2n) is 8.20. The van der Waals surface area contributed by atoms with Gasteiger partial charge in [-0.05, 0) is 49.4 Å². The van der Waals surface area contributed by atoms with Crippen molar-refractivity contribution in [1.29, 1.82) is 0 Å². The number of fused-ring (bicyclic) bond motifs is 1. The number of hydrogen-bond acceptors (Lipinski definition) is 6. The number of aromatic nitrogens is 3. The molecule has 5 rings (SSSR count). The van der Waals surface area contributed by atoms with Crippen LogP contribution in [0.5, 0.6) is 11.5 Å². The number of methoxy groups -OCH3 is 2. The van der Waals surface area contributed by atoms with Crippen LogP contribution >= 0.6 is 11.3 Å². The Hall–Kier alpha value is -3.39. The monoisotopic (exact) mass is 462 g/mol. The Morgan fingerprint density at radius 3 is 2.76 bits per heavy atom. The number of ether oxygens (including phenoxy) is 2. The van der Waals surface area contributed by atoms with E-state index in [2.05, 4.69) is 5.10 Å². The van der Waals surface area contributed by atoms with E-state index in [1.807, 2.05) is 60.6 Å². The molecule has 0 bridgehead atoms. The predicted molar refractivity (Wildman–Crippen MR) is 129 cm³/mol. The Labute approximate surface area is 196 Å². The van der Waals surface area contributed by atoms with Crippen molar-refractivity contribution in [2.24, 2.45) is 7.05 Å². The molecule has 0 aliphatic carbocycles. The molecule has 8 heteroatoms. The molecule has 4 heterocycles. The molecule has 1 aromatic carbocycles. The normalized spacial score (nSPS) is 15.9. The van der Waals surface area contributed by atoms with E-state index in [4.69, 9.17) is 14.5 Å². The third-order valence-corrected chi connectivity index (χ3v) is 7.18. The SMILES string of the molecule is COc1ccc([C@@H]2CCCN2C(=O)c2cc(-c3cccs3)nc3c2c(C)nn3C)c(OC)c1. The molecule has 4 aromatic rings. The van der Waals surface area contributed by atoms with E-state index >= 15 is 0 Å². The first-order valence-corrected chi connectivity index (χ1v) is 11.8. The second-order valence-corrected chi connectivity index (χ2v) is 9.15. The van der Waals surface area contributed by atoms with Gasteiger partial charge < -0.3 is 14.4 Å². The molecule has 7 nitrogen and oxygen atoms in total. The highest BCUT2D eigenvalue weighted by molar-refractivity contribution is 7.13. The zero-order valence-electron chi connectivity index (χ0n) is 19.2. The fourth-order valence-electron chi connectivity index (χ4n) is 4.75. The number of rotatable bonds is 5. The number of hydrogen-bond donors (Lipinski definition) is 0. The van der Waals surface area contributed by atoms with Crippen LogP contribution in [0.1, 0.15) is 40.5 Å². The molecule has 1 fully saturated rings. The van der Waals surface area contributed by atoms with Gasteiger partial charge in [0, 0.05) is 25.2 Å². The van der Waals surface area contributed by atoms with Gasteiger partial charge in [0.1, 0.15) is 11.5 Å². The van der Waals surface area contributed by atoms with Gasteiger partial charge in [0.25, 0.3) is 5.91 Å². The molecule has 3 aromatic heterocycles. The standard InChI is InChI=1S/C25H26N4O3S/c1-15-23-18(14-19(22-8-6-12-33-22)26-24(23)28(2)27-15)25(30)29-11-5-7-20(29)17-10-9-16(31-3)13-21(17)32-4/h6,8-10,12-14,20H,5,7,11H2,1-4H3/t20-/m0/s1. The molecule has 0 N–H and O–H groups in total. The summed E-state index contributed by atoms with van der Waals surface area (Å²) in [4.78, 5) is 21.9. The van der Waals surface area contributed by atoms with Crippen molar-refractivity contribution in [2.75, 3.05) is 20.8 Å². The number of nitrogens with zero attached hydrogens (tertiary/aromatic N) is 4. The van der Waals surface area contributed by atoms with E-state index in [1.54, 1.807) is 30.2 Å². The maximum atomic E-state index is 14.0. The fraction of sp³-hybridized carbons (Fsp3) is 0.320. The smallest absolute Gasteiger partial charge is 0.255 e. The number of thiophene rings is 1. The van der Waals surface area contributed by atoms with Crippen LogP contribution in [0.3, 0.4) is 0 Å². The topological polar surface area (TPSA) is 69.5 Å². The van der Waals surface area contributed by atoms with Gasteiger partial charge in [0.05, 0.1) is 47.5 Å². The average Bonchev–Trinajstić information content (AvgIpc) is 3.59. The van der Waals surface area contributed by atoms with E-state index in [9.17, 15) is 4.79 Å². The van der Waals surface area contributed by atoms with Crippen molar-refractivity contribution >= 4 is 28.3 Å². The highest BCUT2D eigenvalue weighted by Gasteiger charge is 2.34. The summed E-state index contributed by atoms with van der Waals surface area (Å²) in [5.41, 5.74) is 3.96. The Morgan fingerprint density at radius 1 is 1.18 bits per heavy atom. The minimum atomic E-state index is -0.0660. The lowest BCUT2D eigenvalue weighted by atomic mass is 10.0. The van der Waals surface area contributed by atoms with Gasteiger partial charge in [-0.25, -0.2) is 4.98 Å². The molecule has 1 saturated heterocycles. The molecule has 0 unspecified atom stereocenters. The van der Waals surface area contributed by atoms with Crippen molar-refractivity contribution in [2.45, 2.75) is 25.8 Å². The Balaban J connectivity index is 1.61. The molecule has 0 saturated carbocycles. The Morgan fingerprint density at radius 2 is 2.03 bits per heavy atom. The highest BCUT2D eigenvalue weighted by atomic mass is 32.1. The van der Waals surface area contributed by atoms with Gasteiger partial charge in [-0.15, -0.1) is 11.3 Å². The highest BCUT2D eigenvalue weighted by Crippen LogP contribution is 2.40. The van der Waals surface area contributed by atoms with Gasteiger partial charge in [0.2, 0.25) is 0 Å². The summed E-state index contributed by atoms with van der Waals surface area (Å²) in [5.74, 6) is 1.46. The summed E-state index contributed by atoms with van der Waals surface area (Å²) in [6.07, 6.45) is 1.82. The Kier molecular flexibility index (Phi) is 5.54. The first-order valence-electron chi connectivity index (χ1n) is 10.9. The van der Waals surface area contributed by atoms with Crippen molar-refractivity contribution in [1.82, 2.24) is 19.7 Å². The van der Waals surface area contributed by atoms with Crippen LogP contribution in [-0.4, -0.2) is 46.3 Å². The lowest BCUT2D eigenvalue weighted by Gasteiger charge is -2.27. The number of benzene rings is 1. The molecule has 1 amide bonds. The minimum absolute atomic E-state index is 0.00308. The van der Waals surface area contributed by atoms with Crippen molar-refractivity contribution in [3.63, 3.8) is 0 Å². The van der Waals surface area contributed by atoms with Crippen LogP contribution in [0, 0.1) is 6.92 Å². The summed E-state index contributed by atoms with van der Waals surface area (Å²) >= 11 is 1.61. The zero-order chi connectivity index (χ0) is 23.1. The van der Waals surface area contributed by atoms with Gasteiger partial charge in [-0.2, -0.15) is 5.10 Å². The van der Waals surface area contributed by atoms with E-state index < -0.39 is 0 Å². The molecule has 170 valence electrons. The van der Waals surface area contributed by atoms with Gasteiger partial charge in [-0.1, -0.05) is 6.07 Å². The summed E-state index contributed by atoms with van der Waals surface area (Å²) in [6.45, 7) is 2.62. The van der Waals surface area contributed by atoms with Crippen molar-refractivity contribution < 1.29 is 14.3 Å². The van der Waals surface area contributed by atoms with Crippen LogP contribution in [-0.2, 0) is 7.05 Å². The maximum absolute atomic E-state index is 14.0. The predicted octanol–water partition coefficient (Wildman–Crippen LogP) is 5.00. The Bertz CT molecular complexity index is 1330. The summed E-state index contributed by atoms with van der Waals surface area (Å²) in [7, 11) is 5.16. The first kappa shape index (κ1) is 21.5. The van der Waals surface area contributed by atoms with Crippen molar-refractivity contribution in [3.05, 3.63) is 58.6 Å². The lowest BCUT2D eigenvalue weighted by molar-refractivity contribution is 0.0736. The van der Waals surface area contributed by atoms with E-state index in [0.29, 0.717) is 12.1 Å². The average molecular weight is 463 g/mol. The van der Waals surface area contributed by atoms with E-state index in [0.717, 1.165) is 57.2 Å². The molecule has 1 aliphatic rings. The van der Waals surface area contributed by atoms with Crippen LogP contribution in [0.15, 0.2) is 41.8 Å². The number of carbonyl (C=O) groups excluding carboxylic acids is 1. The molecule has 1 atom stereocenters. The lowest BCUT2D eigenvalue weighted by Crippen LogP contribution is -2.31. The number of likely N-dealkylation sites (tertiary alicyclic amines) is 1. The number of amides is 1. The van der Waals surface area contributed by atoms with E-state index in [1.165, 1.54) is 0 Å². The zero-order valence-corrected chi connectivity index (χ0v) is 20.0. The van der Waals surface area contributed by atoms with Gasteiger partial charge >= 0.3 is 0 Å². The van der Waals surface area contributed by atoms with Crippen LogP contribution in [0.25, 0.3) is 21.6 Å². The van der Waals surface area contributed by atoms with Crippen LogP contribution < -0.4 is 9.47 Å². The van der Waals surface area contributed by atoms with Crippen LogP contribution in [0.2, 0.25) is 0 Å². The summed E-state index contributed by atoms with van der Waals surface area (Å²) in [5, 5.41) is 7.39. The van der Waals surface area contributed by atoms with Gasteiger partial charge in [-0.3, -0.25) is 9.48 Å². The fourth-order valence-corrected chi connectivity index (χ4v) is 5.43. The largest absolute Gasteiger partial charge is 0.497 e. The number of carbonyl (C=O) groups is 1. The minimum Gasteiger partial charge on any atom is -0.497 e. The maximum Gasteiger partial charge on any atom is 0.255 e. The summed E-state index contributed by atoms with van der Waals surface area (Å²) in [6, 6.07) is 11.7. The molecular formula is C25H26N4O3S. The first-order chi connectivity index (χ1) is 16.0.